The van der Waals surface area contributed by atoms with E-state index >= 15 is 0 Å². The SMILES string of the molecule is Cc1ccc(OCCN2CC[C@@H](C)[C@@H](c3ccc(OCCCN4CCN(C)CC4)cc3)C2)cc1. The summed E-state index contributed by atoms with van der Waals surface area (Å²) in [4.78, 5) is 7.51. The normalized spacial score (nSPS) is 22.6. The number of hydrogen-bond acceptors (Lipinski definition) is 5. The molecule has 2 atom stereocenters. The van der Waals surface area contributed by atoms with Gasteiger partial charge in [0.05, 0.1) is 6.61 Å². The average molecular weight is 466 g/mol. The van der Waals surface area contributed by atoms with Crippen LogP contribution in [0.3, 0.4) is 0 Å². The third kappa shape index (κ3) is 7.46. The summed E-state index contributed by atoms with van der Waals surface area (Å²) in [6, 6.07) is 17.2. The second-order valence-electron chi connectivity index (χ2n) is 10.3. The highest BCUT2D eigenvalue weighted by Crippen LogP contribution is 2.33. The average Bonchev–Trinajstić information content (AvgIpc) is 2.86. The van der Waals surface area contributed by atoms with E-state index in [1.165, 1.54) is 43.7 Å². The first-order chi connectivity index (χ1) is 16.6. The van der Waals surface area contributed by atoms with E-state index in [1.54, 1.807) is 0 Å². The van der Waals surface area contributed by atoms with Crippen molar-refractivity contribution in [3.8, 4) is 11.5 Å². The molecule has 0 amide bonds. The highest BCUT2D eigenvalue weighted by atomic mass is 16.5. The first-order valence-electron chi connectivity index (χ1n) is 13.1. The van der Waals surface area contributed by atoms with Gasteiger partial charge in [0.2, 0.25) is 0 Å². The van der Waals surface area contributed by atoms with E-state index in [2.05, 4.69) is 84.1 Å². The number of hydrogen-bond donors (Lipinski definition) is 0. The van der Waals surface area contributed by atoms with Crippen molar-refractivity contribution in [3.05, 3.63) is 59.7 Å². The maximum Gasteiger partial charge on any atom is 0.119 e. The lowest BCUT2D eigenvalue weighted by molar-refractivity contribution is 0.142. The Hall–Kier alpha value is -2.08. The smallest absolute Gasteiger partial charge is 0.119 e. The highest BCUT2D eigenvalue weighted by molar-refractivity contribution is 5.30. The van der Waals surface area contributed by atoms with Crippen LogP contribution in [0.1, 0.15) is 36.8 Å². The van der Waals surface area contributed by atoms with E-state index in [4.69, 9.17) is 9.47 Å². The molecule has 2 saturated heterocycles. The summed E-state index contributed by atoms with van der Waals surface area (Å²) in [6.45, 7) is 15.1. The highest BCUT2D eigenvalue weighted by Gasteiger charge is 2.27. The van der Waals surface area contributed by atoms with E-state index < -0.39 is 0 Å². The van der Waals surface area contributed by atoms with Crippen LogP contribution in [-0.2, 0) is 0 Å². The molecule has 0 saturated carbocycles. The lowest BCUT2D eigenvalue weighted by Crippen LogP contribution is -2.44. The van der Waals surface area contributed by atoms with Crippen molar-refractivity contribution in [3.63, 3.8) is 0 Å². The number of piperidine rings is 1. The van der Waals surface area contributed by atoms with Crippen LogP contribution in [0.2, 0.25) is 0 Å². The van der Waals surface area contributed by atoms with Gasteiger partial charge in [-0.15, -0.1) is 0 Å². The Morgan fingerprint density at radius 3 is 2.12 bits per heavy atom. The zero-order chi connectivity index (χ0) is 23.8. The van der Waals surface area contributed by atoms with Crippen molar-refractivity contribution in [2.24, 2.45) is 5.92 Å². The van der Waals surface area contributed by atoms with Gasteiger partial charge >= 0.3 is 0 Å². The van der Waals surface area contributed by atoms with Gasteiger partial charge in [0.25, 0.3) is 0 Å². The van der Waals surface area contributed by atoms with Gasteiger partial charge in [-0.2, -0.15) is 0 Å². The Kier molecular flexibility index (Phi) is 9.25. The van der Waals surface area contributed by atoms with Crippen LogP contribution in [0.4, 0.5) is 0 Å². The maximum atomic E-state index is 6.05. The van der Waals surface area contributed by atoms with E-state index in [1.807, 2.05) is 0 Å². The van der Waals surface area contributed by atoms with Gasteiger partial charge < -0.3 is 19.3 Å². The Morgan fingerprint density at radius 1 is 0.765 bits per heavy atom. The summed E-state index contributed by atoms with van der Waals surface area (Å²) in [5, 5.41) is 0. The van der Waals surface area contributed by atoms with Crippen LogP contribution in [0, 0.1) is 12.8 Å². The summed E-state index contributed by atoms with van der Waals surface area (Å²) in [6.07, 6.45) is 2.32. The first kappa shape index (κ1) is 25.0. The molecule has 0 aliphatic carbocycles. The van der Waals surface area contributed by atoms with Crippen LogP contribution in [0.15, 0.2) is 48.5 Å². The van der Waals surface area contributed by atoms with Crippen LogP contribution in [-0.4, -0.2) is 87.3 Å². The Morgan fingerprint density at radius 2 is 1.41 bits per heavy atom. The number of rotatable bonds is 10. The molecule has 186 valence electrons. The van der Waals surface area contributed by atoms with Crippen molar-refractivity contribution < 1.29 is 9.47 Å². The third-order valence-electron chi connectivity index (χ3n) is 7.53. The molecule has 0 radical (unpaired) electrons. The zero-order valence-corrected chi connectivity index (χ0v) is 21.4. The fourth-order valence-electron chi connectivity index (χ4n) is 5.06. The third-order valence-corrected chi connectivity index (χ3v) is 7.53. The molecule has 4 rings (SSSR count). The van der Waals surface area contributed by atoms with Crippen molar-refractivity contribution in [2.75, 3.05) is 72.6 Å². The maximum absolute atomic E-state index is 6.05. The summed E-state index contributed by atoms with van der Waals surface area (Å²) < 4.78 is 12.0. The summed E-state index contributed by atoms with van der Waals surface area (Å²) in [5.74, 6) is 3.23. The van der Waals surface area contributed by atoms with Crippen LogP contribution < -0.4 is 9.47 Å². The molecule has 0 unspecified atom stereocenters. The summed E-state index contributed by atoms with van der Waals surface area (Å²) in [7, 11) is 2.21. The van der Waals surface area contributed by atoms with Crippen molar-refractivity contribution >= 4 is 0 Å². The number of benzene rings is 2. The number of ether oxygens (including phenoxy) is 2. The van der Waals surface area contributed by atoms with Crippen molar-refractivity contribution in [1.29, 1.82) is 0 Å². The van der Waals surface area contributed by atoms with Crippen molar-refractivity contribution in [1.82, 2.24) is 14.7 Å². The molecule has 2 aliphatic heterocycles. The van der Waals surface area contributed by atoms with Crippen LogP contribution in [0.5, 0.6) is 11.5 Å². The molecular formula is C29H43N3O2. The predicted octanol–water partition coefficient (Wildman–Crippen LogP) is 4.52. The molecule has 0 spiro atoms. The minimum Gasteiger partial charge on any atom is -0.494 e. The summed E-state index contributed by atoms with van der Waals surface area (Å²) >= 11 is 0. The monoisotopic (exact) mass is 465 g/mol. The number of nitrogens with zero attached hydrogens (tertiary/aromatic N) is 3. The van der Waals surface area contributed by atoms with E-state index in [9.17, 15) is 0 Å². The van der Waals surface area contributed by atoms with Gasteiger partial charge in [-0.05, 0) is 75.0 Å². The Balaban J connectivity index is 1.19. The minimum atomic E-state index is 0.569. The zero-order valence-electron chi connectivity index (χ0n) is 21.4. The molecule has 5 nitrogen and oxygen atoms in total. The Labute approximate surface area is 206 Å². The molecular weight excluding hydrogens is 422 g/mol. The fourth-order valence-corrected chi connectivity index (χ4v) is 5.06. The van der Waals surface area contributed by atoms with Gasteiger partial charge in [-0.1, -0.05) is 36.8 Å². The molecule has 2 heterocycles. The lowest BCUT2D eigenvalue weighted by atomic mass is 9.82. The van der Waals surface area contributed by atoms with Gasteiger partial charge in [0.15, 0.2) is 0 Å². The lowest BCUT2D eigenvalue weighted by Gasteiger charge is -2.37. The van der Waals surface area contributed by atoms with Crippen LogP contribution in [0.25, 0.3) is 0 Å². The quantitative estimate of drug-likeness (QED) is 0.481. The van der Waals surface area contributed by atoms with Gasteiger partial charge in [0.1, 0.15) is 18.1 Å². The van der Waals surface area contributed by atoms with Gasteiger partial charge in [-0.25, -0.2) is 0 Å². The molecule has 0 aromatic heterocycles. The largest absolute Gasteiger partial charge is 0.494 e. The standard InChI is InChI=1S/C29H43N3O2/c1-24-5-9-27(10-6-24)34-22-20-32-15-13-25(2)29(23-32)26-7-11-28(12-8-26)33-21-4-14-31-18-16-30(3)17-19-31/h5-12,25,29H,4,13-23H2,1-3H3/t25-,29+/m1/s1. The van der Waals surface area contributed by atoms with E-state index in [-0.39, 0.29) is 0 Å². The topological polar surface area (TPSA) is 28.2 Å². The molecule has 0 bridgehead atoms. The first-order valence-corrected chi connectivity index (χ1v) is 13.1. The van der Waals surface area contributed by atoms with E-state index in [0.717, 1.165) is 57.3 Å². The molecule has 5 heteroatoms. The second-order valence-corrected chi connectivity index (χ2v) is 10.3. The Bertz CT molecular complexity index is 847. The van der Waals surface area contributed by atoms with E-state index in [0.29, 0.717) is 11.8 Å². The number of piperazine rings is 1. The fraction of sp³-hybridized carbons (Fsp3) is 0.586. The molecule has 2 aliphatic rings. The second kappa shape index (κ2) is 12.6. The molecule has 0 N–H and O–H groups in total. The number of likely N-dealkylation sites (tertiary alicyclic amines) is 1. The molecule has 2 aromatic rings. The number of aryl methyl sites for hydroxylation is 1. The van der Waals surface area contributed by atoms with Crippen molar-refractivity contribution in [2.45, 2.75) is 32.6 Å². The molecule has 2 aromatic carbocycles. The van der Waals surface area contributed by atoms with Crippen LogP contribution >= 0.6 is 0 Å². The molecule has 34 heavy (non-hydrogen) atoms. The summed E-state index contributed by atoms with van der Waals surface area (Å²) in [5.41, 5.74) is 2.70. The van der Waals surface area contributed by atoms with Gasteiger partial charge in [-0.3, -0.25) is 4.90 Å². The minimum absolute atomic E-state index is 0.569. The predicted molar refractivity (Wildman–Crippen MR) is 140 cm³/mol. The number of likely N-dealkylation sites (N-methyl/N-ethyl adjacent to an activating group) is 1. The van der Waals surface area contributed by atoms with Gasteiger partial charge in [0, 0.05) is 45.8 Å². The molecule has 2 fully saturated rings.